The fourth-order valence-electron chi connectivity index (χ4n) is 7.26. The van der Waals surface area contributed by atoms with E-state index in [-0.39, 0.29) is 0 Å². The van der Waals surface area contributed by atoms with Gasteiger partial charge in [0.25, 0.3) is 0 Å². The molecule has 50 heavy (non-hydrogen) atoms. The van der Waals surface area contributed by atoms with E-state index in [9.17, 15) is 0 Å². The first-order valence-corrected chi connectivity index (χ1v) is 18.5. The molecule has 0 saturated carbocycles. The molecule has 0 atom stereocenters. The Labute approximate surface area is 301 Å². The molecule has 0 N–H and O–H groups in total. The molecule has 6 aromatic carbocycles. The number of rotatable bonds is 12. The first-order valence-electron chi connectivity index (χ1n) is 18.5. The minimum atomic E-state index is 1.03. The van der Waals surface area contributed by atoms with Crippen molar-refractivity contribution in [1.29, 1.82) is 0 Å². The summed E-state index contributed by atoms with van der Waals surface area (Å²) in [6.07, 6.45) is 5.63. The molecule has 0 unspecified atom stereocenters. The average molecular weight is 657 g/mol. The molecule has 0 aliphatic heterocycles. The molecule has 2 heteroatoms. The van der Waals surface area contributed by atoms with E-state index in [1.807, 2.05) is 0 Å². The normalized spacial score (nSPS) is 11.1. The van der Waals surface area contributed by atoms with Crippen LogP contribution in [0.25, 0.3) is 11.1 Å². The zero-order valence-electron chi connectivity index (χ0n) is 31.1. The highest BCUT2D eigenvalue weighted by atomic mass is 15.2. The van der Waals surface area contributed by atoms with Crippen LogP contribution in [0.1, 0.15) is 72.6 Å². The number of anilines is 6. The number of aryl methyl sites for hydroxylation is 7. The van der Waals surface area contributed by atoms with Gasteiger partial charge in [0.2, 0.25) is 0 Å². The lowest BCUT2D eigenvalue weighted by molar-refractivity contribution is 0.794. The maximum atomic E-state index is 2.44. The second-order valence-electron chi connectivity index (χ2n) is 13.7. The van der Waals surface area contributed by atoms with Crippen LogP contribution in [0, 0.1) is 27.7 Å². The van der Waals surface area contributed by atoms with Gasteiger partial charge in [-0.25, -0.2) is 0 Å². The largest absolute Gasteiger partial charge is 0.310 e. The molecule has 0 bridgehead atoms. The van der Waals surface area contributed by atoms with Gasteiger partial charge in [0.15, 0.2) is 0 Å². The maximum Gasteiger partial charge on any atom is 0.0520 e. The Morgan fingerprint density at radius 1 is 0.400 bits per heavy atom. The van der Waals surface area contributed by atoms with Crippen LogP contribution in [0.3, 0.4) is 0 Å². The topological polar surface area (TPSA) is 6.48 Å². The summed E-state index contributed by atoms with van der Waals surface area (Å²) < 4.78 is 0. The smallest absolute Gasteiger partial charge is 0.0520 e. The van der Waals surface area contributed by atoms with Crippen molar-refractivity contribution in [3.8, 4) is 11.1 Å². The molecule has 2 nitrogen and oxygen atoms in total. The van der Waals surface area contributed by atoms with Crippen molar-refractivity contribution >= 4 is 34.1 Å². The predicted molar refractivity (Wildman–Crippen MR) is 218 cm³/mol. The Balaban J connectivity index is 1.35. The van der Waals surface area contributed by atoms with Crippen molar-refractivity contribution in [2.75, 3.05) is 9.80 Å². The minimum absolute atomic E-state index is 1.03. The molecule has 0 heterocycles. The van der Waals surface area contributed by atoms with Gasteiger partial charge >= 0.3 is 0 Å². The molecule has 0 fully saturated rings. The number of para-hydroxylation sites is 1. The standard InChI is InChI=1S/C48H52N2/c1-8-11-15-40-32-36(6)48(37(7)33-40)50(44-26-18-39(10-3)19-27-44)46-30-22-42(23-31-46)41-20-28-45(29-21-41)49(43-24-16-38(9-2)17-25-43)47-34(4)13-12-14-35(47)5/h12-14,16-33H,8-11,15H2,1-7H3. The molecule has 0 aliphatic rings. The van der Waals surface area contributed by atoms with Crippen molar-refractivity contribution < 1.29 is 0 Å². The first kappa shape index (κ1) is 34.8. The van der Waals surface area contributed by atoms with Gasteiger partial charge in [-0.3, -0.25) is 0 Å². The zero-order chi connectivity index (χ0) is 35.2. The van der Waals surface area contributed by atoms with Gasteiger partial charge in [-0.1, -0.05) is 106 Å². The summed E-state index contributed by atoms with van der Waals surface area (Å²) in [6, 6.07) is 47.5. The number of benzene rings is 6. The number of hydrogen-bond acceptors (Lipinski definition) is 2. The van der Waals surface area contributed by atoms with Gasteiger partial charge in [0.1, 0.15) is 0 Å². The van der Waals surface area contributed by atoms with E-state index in [1.165, 1.54) is 91.3 Å². The monoisotopic (exact) mass is 656 g/mol. The summed E-state index contributed by atoms with van der Waals surface area (Å²) in [5, 5.41) is 0. The summed E-state index contributed by atoms with van der Waals surface area (Å²) >= 11 is 0. The van der Waals surface area contributed by atoms with Gasteiger partial charge in [0.05, 0.1) is 11.4 Å². The van der Waals surface area contributed by atoms with E-state index in [2.05, 4.69) is 186 Å². The molecule has 6 aromatic rings. The second kappa shape index (κ2) is 15.6. The van der Waals surface area contributed by atoms with Crippen molar-refractivity contribution in [3.05, 3.63) is 166 Å². The summed E-state index contributed by atoms with van der Waals surface area (Å²) in [5.74, 6) is 0. The maximum absolute atomic E-state index is 2.44. The Morgan fingerprint density at radius 3 is 1.12 bits per heavy atom. The lowest BCUT2D eigenvalue weighted by Crippen LogP contribution is -2.13. The summed E-state index contributed by atoms with van der Waals surface area (Å²) in [4.78, 5) is 4.84. The van der Waals surface area contributed by atoms with Gasteiger partial charge in [0, 0.05) is 22.7 Å². The Hall–Kier alpha value is -5.08. The number of hydrogen-bond donors (Lipinski definition) is 0. The van der Waals surface area contributed by atoms with Crippen LogP contribution in [-0.2, 0) is 19.3 Å². The highest BCUT2D eigenvalue weighted by Gasteiger charge is 2.19. The Bertz CT molecular complexity index is 1970. The van der Waals surface area contributed by atoms with E-state index >= 15 is 0 Å². The molecule has 0 amide bonds. The van der Waals surface area contributed by atoms with Crippen molar-refractivity contribution in [3.63, 3.8) is 0 Å². The summed E-state index contributed by atoms with van der Waals surface area (Å²) in [6.45, 7) is 15.6. The fourth-order valence-corrected chi connectivity index (χ4v) is 7.26. The average Bonchev–Trinajstić information content (AvgIpc) is 3.14. The lowest BCUT2D eigenvalue weighted by atomic mass is 9.98. The van der Waals surface area contributed by atoms with E-state index < -0.39 is 0 Å². The van der Waals surface area contributed by atoms with Gasteiger partial charge in [-0.05, 0) is 152 Å². The molecule has 0 aromatic heterocycles. The summed E-state index contributed by atoms with van der Waals surface area (Å²) in [7, 11) is 0. The van der Waals surface area contributed by atoms with E-state index in [0.29, 0.717) is 0 Å². The minimum Gasteiger partial charge on any atom is -0.310 e. The second-order valence-corrected chi connectivity index (χ2v) is 13.7. The highest BCUT2D eigenvalue weighted by molar-refractivity contribution is 5.84. The third kappa shape index (κ3) is 7.41. The Kier molecular flexibility index (Phi) is 10.9. The predicted octanol–water partition coefficient (Wildman–Crippen LogP) is 14.0. The lowest BCUT2D eigenvalue weighted by Gasteiger charge is -2.30. The van der Waals surface area contributed by atoms with Crippen LogP contribution in [0.5, 0.6) is 0 Å². The molecule has 254 valence electrons. The van der Waals surface area contributed by atoms with Crippen LogP contribution < -0.4 is 9.80 Å². The summed E-state index contributed by atoms with van der Waals surface area (Å²) in [5.41, 5.74) is 18.9. The van der Waals surface area contributed by atoms with Crippen LogP contribution in [0.4, 0.5) is 34.1 Å². The zero-order valence-corrected chi connectivity index (χ0v) is 31.1. The molecule has 0 aliphatic carbocycles. The van der Waals surface area contributed by atoms with Gasteiger partial charge in [-0.15, -0.1) is 0 Å². The van der Waals surface area contributed by atoms with Crippen LogP contribution in [0.15, 0.2) is 127 Å². The van der Waals surface area contributed by atoms with Crippen LogP contribution >= 0.6 is 0 Å². The first-order chi connectivity index (χ1) is 24.3. The molecule has 0 saturated heterocycles. The third-order valence-electron chi connectivity index (χ3n) is 10.0. The number of nitrogens with zero attached hydrogens (tertiary/aromatic N) is 2. The van der Waals surface area contributed by atoms with Crippen LogP contribution in [0.2, 0.25) is 0 Å². The Morgan fingerprint density at radius 2 is 0.760 bits per heavy atom. The van der Waals surface area contributed by atoms with Crippen molar-refractivity contribution in [2.45, 2.75) is 80.6 Å². The van der Waals surface area contributed by atoms with Crippen molar-refractivity contribution in [2.24, 2.45) is 0 Å². The van der Waals surface area contributed by atoms with Crippen molar-refractivity contribution in [1.82, 2.24) is 0 Å². The van der Waals surface area contributed by atoms with E-state index in [0.717, 1.165) is 24.9 Å². The van der Waals surface area contributed by atoms with Crippen LogP contribution in [-0.4, -0.2) is 0 Å². The third-order valence-corrected chi connectivity index (χ3v) is 10.0. The van der Waals surface area contributed by atoms with Gasteiger partial charge in [-0.2, -0.15) is 0 Å². The molecular formula is C48H52N2. The quantitative estimate of drug-likeness (QED) is 0.129. The molecule has 0 spiro atoms. The number of unbranched alkanes of at least 4 members (excludes halogenated alkanes) is 1. The highest BCUT2D eigenvalue weighted by Crippen LogP contribution is 2.42. The molecule has 0 radical (unpaired) electrons. The molecular weight excluding hydrogens is 605 g/mol. The fraction of sp³-hybridized carbons (Fsp3) is 0.250. The van der Waals surface area contributed by atoms with Gasteiger partial charge < -0.3 is 9.80 Å². The molecule has 6 rings (SSSR count). The van der Waals surface area contributed by atoms with E-state index in [1.54, 1.807) is 0 Å². The SMILES string of the molecule is CCCCc1cc(C)c(N(c2ccc(CC)cc2)c2ccc(-c3ccc(N(c4ccc(CC)cc4)c4c(C)cccc4C)cc3)cc2)c(C)c1. The van der Waals surface area contributed by atoms with E-state index in [4.69, 9.17) is 0 Å².